The van der Waals surface area contributed by atoms with Crippen LogP contribution in [0.3, 0.4) is 0 Å². The third-order valence-corrected chi connectivity index (χ3v) is 6.09. The Morgan fingerprint density at radius 3 is 2.45 bits per heavy atom. The van der Waals surface area contributed by atoms with Gasteiger partial charge in [-0.25, -0.2) is 9.97 Å². The number of hydrogen-bond donors (Lipinski definition) is 0. The van der Waals surface area contributed by atoms with Crippen LogP contribution in [-0.4, -0.2) is 71.9 Å². The van der Waals surface area contributed by atoms with Crippen molar-refractivity contribution < 1.29 is 9.59 Å². The summed E-state index contributed by atoms with van der Waals surface area (Å²) in [5.74, 6) is 0.286. The van der Waals surface area contributed by atoms with E-state index >= 15 is 0 Å². The largest absolute Gasteiger partial charge is 0.347 e. The molecule has 0 spiro atoms. The van der Waals surface area contributed by atoms with Crippen molar-refractivity contribution in [3.8, 4) is 11.1 Å². The number of anilines is 1. The summed E-state index contributed by atoms with van der Waals surface area (Å²) in [5.41, 5.74) is 4.23. The van der Waals surface area contributed by atoms with E-state index in [1.54, 1.807) is 34.9 Å². The van der Waals surface area contributed by atoms with Crippen molar-refractivity contribution in [1.29, 1.82) is 0 Å². The summed E-state index contributed by atoms with van der Waals surface area (Å²) >= 11 is 0. The maximum atomic E-state index is 13.6. The van der Waals surface area contributed by atoms with Crippen LogP contribution in [0.4, 0.5) is 5.95 Å². The molecule has 0 bridgehead atoms. The molecule has 0 aliphatic carbocycles. The zero-order valence-corrected chi connectivity index (χ0v) is 19.5. The normalized spacial score (nSPS) is 16.1. The highest BCUT2D eigenvalue weighted by Crippen LogP contribution is 2.27. The van der Waals surface area contributed by atoms with Gasteiger partial charge >= 0.3 is 0 Å². The van der Waals surface area contributed by atoms with Crippen molar-refractivity contribution in [1.82, 2.24) is 19.8 Å². The standard InChI is InChI=1S/C26H29N5O2/c1-18-22(17-27-26(28-18)29(2)3)24(32)31-15-14-30(4)25(33)23(31)16-20-12-8-9-13-21(20)19-10-6-5-7-11-19/h5-13,17,23H,14-16H2,1-4H3/t23-/m1/s1. The summed E-state index contributed by atoms with van der Waals surface area (Å²) in [6.07, 6.45) is 2.01. The Labute approximate surface area is 194 Å². The number of benzene rings is 2. The molecular formula is C26H29N5O2. The Hall–Kier alpha value is -3.74. The molecule has 1 fully saturated rings. The first-order valence-electron chi connectivity index (χ1n) is 11.1. The number of hydrogen-bond acceptors (Lipinski definition) is 5. The molecular weight excluding hydrogens is 414 g/mol. The van der Waals surface area contributed by atoms with Gasteiger partial charge in [0.1, 0.15) is 6.04 Å². The van der Waals surface area contributed by atoms with Crippen LogP contribution in [0.2, 0.25) is 0 Å². The highest BCUT2D eigenvalue weighted by molar-refractivity contribution is 5.99. The predicted octanol–water partition coefficient (Wildman–Crippen LogP) is 3.04. The SMILES string of the molecule is Cc1nc(N(C)C)ncc1C(=O)N1CCN(C)C(=O)[C@H]1Cc1ccccc1-c1ccccc1. The lowest BCUT2D eigenvalue weighted by atomic mass is 9.93. The fourth-order valence-electron chi connectivity index (χ4n) is 4.19. The number of piperazine rings is 1. The van der Waals surface area contributed by atoms with Crippen LogP contribution in [0.1, 0.15) is 21.6 Å². The summed E-state index contributed by atoms with van der Waals surface area (Å²) in [6.45, 7) is 2.77. The third kappa shape index (κ3) is 4.58. The fourth-order valence-corrected chi connectivity index (χ4v) is 4.19. The maximum absolute atomic E-state index is 13.6. The van der Waals surface area contributed by atoms with E-state index in [-0.39, 0.29) is 11.8 Å². The van der Waals surface area contributed by atoms with Crippen molar-refractivity contribution in [2.45, 2.75) is 19.4 Å². The molecule has 2 amide bonds. The summed E-state index contributed by atoms with van der Waals surface area (Å²) < 4.78 is 0. The second-order valence-corrected chi connectivity index (χ2v) is 8.56. The number of nitrogens with zero attached hydrogens (tertiary/aromatic N) is 5. The van der Waals surface area contributed by atoms with Crippen LogP contribution in [0, 0.1) is 6.92 Å². The number of rotatable bonds is 5. The number of aryl methyl sites for hydroxylation is 1. The Morgan fingerprint density at radius 2 is 1.76 bits per heavy atom. The number of carbonyl (C=O) groups is 2. The van der Waals surface area contributed by atoms with Crippen LogP contribution in [0.15, 0.2) is 60.8 Å². The van der Waals surface area contributed by atoms with Gasteiger partial charge in [0, 0.05) is 46.9 Å². The summed E-state index contributed by atoms with van der Waals surface area (Å²) in [6, 6.07) is 17.6. The van der Waals surface area contributed by atoms with Crippen LogP contribution in [-0.2, 0) is 11.2 Å². The second-order valence-electron chi connectivity index (χ2n) is 8.56. The van der Waals surface area contributed by atoms with Crippen molar-refractivity contribution >= 4 is 17.8 Å². The van der Waals surface area contributed by atoms with Gasteiger partial charge in [-0.2, -0.15) is 0 Å². The van der Waals surface area contributed by atoms with Crippen LogP contribution in [0.25, 0.3) is 11.1 Å². The molecule has 1 saturated heterocycles. The zero-order valence-electron chi connectivity index (χ0n) is 19.5. The molecule has 170 valence electrons. The summed E-state index contributed by atoms with van der Waals surface area (Å²) in [5, 5.41) is 0. The average molecular weight is 444 g/mol. The van der Waals surface area contributed by atoms with Crippen molar-refractivity contribution in [3.05, 3.63) is 77.6 Å². The highest BCUT2D eigenvalue weighted by atomic mass is 16.2. The van der Waals surface area contributed by atoms with E-state index in [0.29, 0.717) is 36.7 Å². The van der Waals surface area contributed by atoms with Crippen molar-refractivity contribution in [2.24, 2.45) is 0 Å². The molecule has 33 heavy (non-hydrogen) atoms. The smallest absolute Gasteiger partial charge is 0.258 e. The average Bonchev–Trinajstić information content (AvgIpc) is 2.82. The Bertz CT molecular complexity index is 1160. The molecule has 1 atom stereocenters. The lowest BCUT2D eigenvalue weighted by molar-refractivity contribution is -0.138. The topological polar surface area (TPSA) is 69.6 Å². The first-order valence-corrected chi connectivity index (χ1v) is 11.1. The molecule has 1 aliphatic heterocycles. The van der Waals surface area contributed by atoms with E-state index in [1.165, 1.54) is 0 Å². The Kier molecular flexibility index (Phi) is 6.40. The first kappa shape index (κ1) is 22.5. The number of carbonyl (C=O) groups excluding carboxylic acids is 2. The summed E-state index contributed by atoms with van der Waals surface area (Å²) in [7, 11) is 5.51. The maximum Gasteiger partial charge on any atom is 0.258 e. The van der Waals surface area contributed by atoms with Crippen LogP contribution >= 0.6 is 0 Å². The van der Waals surface area contributed by atoms with E-state index < -0.39 is 6.04 Å². The predicted molar refractivity (Wildman–Crippen MR) is 129 cm³/mol. The van der Waals surface area contributed by atoms with E-state index in [9.17, 15) is 9.59 Å². The molecule has 7 heteroatoms. The molecule has 1 aromatic heterocycles. The van der Waals surface area contributed by atoms with Crippen molar-refractivity contribution in [2.75, 3.05) is 39.1 Å². The van der Waals surface area contributed by atoms with Gasteiger partial charge in [-0.15, -0.1) is 0 Å². The van der Waals surface area contributed by atoms with E-state index in [1.807, 2.05) is 50.5 Å². The van der Waals surface area contributed by atoms with E-state index in [0.717, 1.165) is 16.7 Å². The molecule has 4 rings (SSSR count). The number of aromatic nitrogens is 2. The third-order valence-electron chi connectivity index (χ3n) is 6.09. The Balaban J connectivity index is 1.68. The first-order chi connectivity index (χ1) is 15.9. The Morgan fingerprint density at radius 1 is 1.06 bits per heavy atom. The molecule has 3 aromatic rings. The second kappa shape index (κ2) is 9.40. The lowest BCUT2D eigenvalue weighted by Crippen LogP contribution is -2.58. The van der Waals surface area contributed by atoms with Gasteiger partial charge in [0.05, 0.1) is 11.3 Å². The van der Waals surface area contributed by atoms with Crippen molar-refractivity contribution in [3.63, 3.8) is 0 Å². The lowest BCUT2D eigenvalue weighted by Gasteiger charge is -2.39. The van der Waals surface area contributed by atoms with Gasteiger partial charge in [0.15, 0.2) is 0 Å². The quantitative estimate of drug-likeness (QED) is 0.606. The minimum atomic E-state index is -0.589. The molecule has 2 aromatic carbocycles. The van der Waals surface area contributed by atoms with Gasteiger partial charge in [-0.1, -0.05) is 54.6 Å². The fraction of sp³-hybridized carbons (Fsp3) is 0.308. The molecule has 0 saturated carbocycles. The number of amides is 2. The van der Waals surface area contributed by atoms with Gasteiger partial charge in [0.2, 0.25) is 11.9 Å². The van der Waals surface area contributed by atoms with Gasteiger partial charge in [-0.3, -0.25) is 9.59 Å². The van der Waals surface area contributed by atoms with Gasteiger partial charge < -0.3 is 14.7 Å². The van der Waals surface area contributed by atoms with Crippen LogP contribution < -0.4 is 4.90 Å². The van der Waals surface area contributed by atoms with Crippen LogP contribution in [0.5, 0.6) is 0 Å². The zero-order chi connectivity index (χ0) is 23.5. The molecule has 7 nitrogen and oxygen atoms in total. The van der Waals surface area contributed by atoms with E-state index in [4.69, 9.17) is 0 Å². The van der Waals surface area contributed by atoms with Gasteiger partial charge in [-0.05, 0) is 23.6 Å². The minimum Gasteiger partial charge on any atom is -0.347 e. The molecule has 2 heterocycles. The highest BCUT2D eigenvalue weighted by Gasteiger charge is 2.37. The van der Waals surface area contributed by atoms with Gasteiger partial charge in [0.25, 0.3) is 5.91 Å². The summed E-state index contributed by atoms with van der Waals surface area (Å²) in [4.78, 5) is 40.8. The van der Waals surface area contributed by atoms with E-state index in [2.05, 4.69) is 28.2 Å². The molecule has 1 aliphatic rings. The molecule has 0 radical (unpaired) electrons. The minimum absolute atomic E-state index is 0.0547. The monoisotopic (exact) mass is 443 g/mol. The number of likely N-dealkylation sites (N-methyl/N-ethyl adjacent to an activating group) is 1. The molecule has 0 N–H and O–H groups in total. The molecule has 0 unspecified atom stereocenters.